The summed E-state index contributed by atoms with van der Waals surface area (Å²) < 4.78 is 0. The molecule has 0 amide bonds. The highest BCUT2D eigenvalue weighted by molar-refractivity contribution is 5.79. The van der Waals surface area contributed by atoms with Crippen molar-refractivity contribution in [2.24, 2.45) is 11.7 Å². The van der Waals surface area contributed by atoms with Gasteiger partial charge in [0, 0.05) is 32.7 Å². The number of likely N-dealkylation sites (N-methyl/N-ethyl adjacent to an activating group) is 1. The Hall–Kier alpha value is -0.650. The Morgan fingerprint density at radius 3 is 2.38 bits per heavy atom. The summed E-state index contributed by atoms with van der Waals surface area (Å²) in [6, 6.07) is 0. The van der Waals surface area contributed by atoms with Gasteiger partial charge < -0.3 is 15.7 Å². The third-order valence-electron chi connectivity index (χ3n) is 3.79. The van der Waals surface area contributed by atoms with Crippen LogP contribution in [0.15, 0.2) is 0 Å². The van der Waals surface area contributed by atoms with Crippen LogP contribution in [0.2, 0.25) is 0 Å². The van der Waals surface area contributed by atoms with Crippen molar-refractivity contribution in [3.8, 4) is 0 Å². The van der Waals surface area contributed by atoms with Gasteiger partial charge >= 0.3 is 5.97 Å². The lowest BCUT2D eigenvalue weighted by Gasteiger charge is -2.37. The molecule has 0 aromatic carbocycles. The summed E-state index contributed by atoms with van der Waals surface area (Å²) in [5.74, 6) is -0.654. The number of carboxylic acid groups (broad SMARTS) is 1. The number of rotatable bonds is 4. The topological polar surface area (TPSA) is 69.8 Å². The van der Waals surface area contributed by atoms with Gasteiger partial charge in [0.05, 0.1) is 0 Å². The number of aliphatic carboxylic acids is 1. The first-order valence-corrected chi connectivity index (χ1v) is 5.95. The van der Waals surface area contributed by atoms with Crippen LogP contribution in [-0.2, 0) is 4.79 Å². The average molecular weight is 227 g/mol. The van der Waals surface area contributed by atoms with Crippen LogP contribution in [0.1, 0.15) is 12.8 Å². The number of nitrogens with two attached hydrogens (primary N) is 1. The molecule has 5 nitrogen and oxygen atoms in total. The van der Waals surface area contributed by atoms with Gasteiger partial charge in [-0.3, -0.25) is 9.69 Å². The molecular weight excluding hydrogens is 206 g/mol. The molecule has 1 atom stereocenters. The van der Waals surface area contributed by atoms with E-state index in [-0.39, 0.29) is 5.92 Å². The number of carbonyl (C=O) groups is 1. The molecule has 3 N–H and O–H groups in total. The fourth-order valence-corrected chi connectivity index (χ4v) is 2.35. The fourth-order valence-electron chi connectivity index (χ4n) is 2.35. The summed E-state index contributed by atoms with van der Waals surface area (Å²) in [7, 11) is 2.09. The molecule has 1 unspecified atom stereocenters. The van der Waals surface area contributed by atoms with E-state index in [2.05, 4.69) is 16.8 Å². The van der Waals surface area contributed by atoms with Crippen LogP contribution in [0.5, 0.6) is 0 Å². The van der Waals surface area contributed by atoms with Gasteiger partial charge in [0.2, 0.25) is 0 Å². The highest BCUT2D eigenvalue weighted by atomic mass is 16.4. The first kappa shape index (κ1) is 11.8. The summed E-state index contributed by atoms with van der Waals surface area (Å²) in [5.41, 5.74) is 5.04. The van der Waals surface area contributed by atoms with Crippen LogP contribution >= 0.6 is 0 Å². The smallest absolute Gasteiger partial charge is 0.325 e. The van der Waals surface area contributed by atoms with Crippen molar-refractivity contribution >= 4 is 5.97 Å². The van der Waals surface area contributed by atoms with Crippen LogP contribution in [0.4, 0.5) is 0 Å². The normalized spacial score (nSPS) is 27.6. The van der Waals surface area contributed by atoms with Crippen molar-refractivity contribution in [2.45, 2.75) is 18.4 Å². The zero-order valence-electron chi connectivity index (χ0n) is 9.85. The minimum Gasteiger partial charge on any atom is -0.480 e. The number of carboxylic acids is 1. The van der Waals surface area contributed by atoms with Crippen molar-refractivity contribution < 1.29 is 9.90 Å². The van der Waals surface area contributed by atoms with Crippen molar-refractivity contribution in [3.63, 3.8) is 0 Å². The van der Waals surface area contributed by atoms with Crippen LogP contribution in [0.3, 0.4) is 0 Å². The predicted molar refractivity (Wildman–Crippen MR) is 61.2 cm³/mol. The number of piperazine rings is 1. The molecule has 1 aliphatic carbocycles. The maximum absolute atomic E-state index is 11.3. The molecular formula is C11H21N3O2. The average Bonchev–Trinajstić information content (AvgIpc) is 3.04. The molecule has 5 heteroatoms. The van der Waals surface area contributed by atoms with E-state index in [0.29, 0.717) is 6.54 Å². The first-order valence-electron chi connectivity index (χ1n) is 5.95. The van der Waals surface area contributed by atoms with Gasteiger partial charge in [-0.25, -0.2) is 0 Å². The third kappa shape index (κ3) is 2.36. The summed E-state index contributed by atoms with van der Waals surface area (Å²) in [6.45, 7) is 4.35. The number of hydrogen-bond acceptors (Lipinski definition) is 4. The molecule has 1 heterocycles. The van der Waals surface area contributed by atoms with Gasteiger partial charge in [-0.1, -0.05) is 0 Å². The number of hydrogen-bond donors (Lipinski definition) is 2. The van der Waals surface area contributed by atoms with E-state index >= 15 is 0 Å². The molecule has 2 rings (SSSR count). The lowest BCUT2D eigenvalue weighted by Crippen LogP contribution is -2.60. The molecule has 0 radical (unpaired) electrons. The molecule has 1 saturated carbocycles. The lowest BCUT2D eigenvalue weighted by atomic mass is 9.93. The largest absolute Gasteiger partial charge is 0.480 e. The molecule has 0 bridgehead atoms. The monoisotopic (exact) mass is 227 g/mol. The highest BCUT2D eigenvalue weighted by Crippen LogP contribution is 2.39. The van der Waals surface area contributed by atoms with Gasteiger partial charge in [-0.2, -0.15) is 0 Å². The molecule has 2 aliphatic rings. The van der Waals surface area contributed by atoms with Crippen molar-refractivity contribution in [1.82, 2.24) is 9.80 Å². The minimum atomic E-state index is -1.02. The second-order valence-corrected chi connectivity index (χ2v) is 5.20. The second-order valence-electron chi connectivity index (χ2n) is 5.20. The maximum atomic E-state index is 11.3. The molecule has 2 fully saturated rings. The second kappa shape index (κ2) is 4.31. The SMILES string of the molecule is CN1CCN(CC(N)(C(=O)O)C2CC2)CC1. The van der Waals surface area contributed by atoms with Crippen molar-refractivity contribution in [2.75, 3.05) is 39.8 Å². The van der Waals surface area contributed by atoms with E-state index in [9.17, 15) is 9.90 Å². The Labute approximate surface area is 96.2 Å². The van der Waals surface area contributed by atoms with Gasteiger partial charge in [-0.15, -0.1) is 0 Å². The fraction of sp³-hybridized carbons (Fsp3) is 0.909. The maximum Gasteiger partial charge on any atom is 0.325 e. The zero-order chi connectivity index (χ0) is 11.8. The highest BCUT2D eigenvalue weighted by Gasteiger charge is 2.49. The molecule has 92 valence electrons. The molecule has 0 aromatic rings. The Morgan fingerprint density at radius 2 is 1.94 bits per heavy atom. The van der Waals surface area contributed by atoms with E-state index in [4.69, 9.17) is 5.73 Å². The van der Waals surface area contributed by atoms with Gasteiger partial charge in [-0.05, 0) is 25.8 Å². The Kier molecular flexibility index (Phi) is 3.19. The standard InChI is InChI=1S/C11H21N3O2/c1-13-4-6-14(7-5-13)8-11(12,10(15)16)9-2-3-9/h9H,2-8,12H2,1H3,(H,15,16). The van der Waals surface area contributed by atoms with Crippen molar-refractivity contribution in [3.05, 3.63) is 0 Å². The molecule has 0 aromatic heterocycles. The Morgan fingerprint density at radius 1 is 1.38 bits per heavy atom. The summed E-state index contributed by atoms with van der Waals surface area (Å²) in [6.07, 6.45) is 1.94. The molecule has 1 aliphatic heterocycles. The van der Waals surface area contributed by atoms with Crippen LogP contribution in [-0.4, -0.2) is 66.2 Å². The van der Waals surface area contributed by atoms with Crippen molar-refractivity contribution in [1.29, 1.82) is 0 Å². The molecule has 1 saturated heterocycles. The summed E-state index contributed by atoms with van der Waals surface area (Å²) in [5, 5.41) is 9.26. The van der Waals surface area contributed by atoms with Crippen LogP contribution < -0.4 is 5.73 Å². The van der Waals surface area contributed by atoms with Gasteiger partial charge in [0.15, 0.2) is 0 Å². The van der Waals surface area contributed by atoms with E-state index < -0.39 is 11.5 Å². The zero-order valence-corrected chi connectivity index (χ0v) is 9.85. The quantitative estimate of drug-likeness (QED) is 0.673. The van der Waals surface area contributed by atoms with Gasteiger partial charge in [0.1, 0.15) is 5.54 Å². The Balaban J connectivity index is 1.93. The van der Waals surface area contributed by atoms with Gasteiger partial charge in [0.25, 0.3) is 0 Å². The lowest BCUT2D eigenvalue weighted by molar-refractivity contribution is -0.145. The van der Waals surface area contributed by atoms with E-state index in [1.807, 2.05) is 0 Å². The molecule has 0 spiro atoms. The first-order chi connectivity index (χ1) is 7.52. The van der Waals surface area contributed by atoms with E-state index in [1.165, 1.54) is 0 Å². The predicted octanol–water partition coefficient (Wildman–Crippen LogP) is -0.574. The molecule has 16 heavy (non-hydrogen) atoms. The van der Waals surface area contributed by atoms with E-state index in [1.54, 1.807) is 0 Å². The minimum absolute atomic E-state index is 0.185. The number of nitrogens with zero attached hydrogens (tertiary/aromatic N) is 2. The van der Waals surface area contributed by atoms with Crippen LogP contribution in [0, 0.1) is 5.92 Å². The Bertz CT molecular complexity index is 272. The van der Waals surface area contributed by atoms with Crippen LogP contribution in [0.25, 0.3) is 0 Å². The summed E-state index contributed by atoms with van der Waals surface area (Å²) >= 11 is 0. The third-order valence-corrected chi connectivity index (χ3v) is 3.79. The summed E-state index contributed by atoms with van der Waals surface area (Å²) in [4.78, 5) is 15.7. The van der Waals surface area contributed by atoms with E-state index in [0.717, 1.165) is 39.0 Å².